The van der Waals surface area contributed by atoms with Crippen molar-refractivity contribution in [2.75, 3.05) is 5.32 Å². The van der Waals surface area contributed by atoms with Crippen molar-refractivity contribution in [1.29, 1.82) is 0 Å². The molecule has 0 amide bonds. The monoisotopic (exact) mass is 549 g/mol. The van der Waals surface area contributed by atoms with E-state index in [4.69, 9.17) is 0 Å². The fourth-order valence-corrected chi connectivity index (χ4v) is 5.73. The first kappa shape index (κ1) is 26.3. The molecular weight excluding hydrogens is 518 g/mol. The lowest BCUT2D eigenvalue weighted by molar-refractivity contribution is 1.53. The standard InChI is InChI=1S/C42H31N/c1-5-14-31(15-6-1)37-29-40(33-16-7-2-8-17-33)42(41(30-37)34-18-9-3-10-19-34)36-21-13-20-35(28-36)32-24-26-39(27-25-32)43-38-22-11-4-12-23-38/h1-30,43H. The summed E-state index contributed by atoms with van der Waals surface area (Å²) < 4.78 is 0. The van der Waals surface area contributed by atoms with Gasteiger partial charge in [-0.25, -0.2) is 0 Å². The van der Waals surface area contributed by atoms with E-state index in [1.165, 1.54) is 55.6 Å². The lowest BCUT2D eigenvalue weighted by Gasteiger charge is -2.20. The molecule has 0 atom stereocenters. The smallest absolute Gasteiger partial charge is 0.0384 e. The Morgan fingerprint density at radius 3 is 1.23 bits per heavy atom. The Hall–Kier alpha value is -5.66. The Kier molecular flexibility index (Phi) is 7.36. The predicted octanol–water partition coefficient (Wildman–Crippen LogP) is 11.8. The minimum absolute atomic E-state index is 1.07. The highest BCUT2D eigenvalue weighted by Crippen LogP contribution is 2.44. The van der Waals surface area contributed by atoms with Gasteiger partial charge in [-0.15, -0.1) is 0 Å². The van der Waals surface area contributed by atoms with Gasteiger partial charge in [0.25, 0.3) is 0 Å². The highest BCUT2D eigenvalue weighted by atomic mass is 14.9. The number of benzene rings is 7. The molecule has 0 saturated carbocycles. The van der Waals surface area contributed by atoms with Crippen molar-refractivity contribution in [3.8, 4) is 55.6 Å². The molecule has 7 aromatic rings. The molecule has 0 saturated heterocycles. The predicted molar refractivity (Wildman–Crippen MR) is 183 cm³/mol. The normalized spacial score (nSPS) is 10.8. The summed E-state index contributed by atoms with van der Waals surface area (Å²) in [6, 6.07) is 64.8. The van der Waals surface area contributed by atoms with Crippen molar-refractivity contribution in [3.05, 3.63) is 182 Å². The maximum atomic E-state index is 3.49. The molecule has 0 unspecified atom stereocenters. The second-order valence-electron chi connectivity index (χ2n) is 10.7. The molecule has 0 fully saturated rings. The zero-order valence-electron chi connectivity index (χ0n) is 23.8. The second kappa shape index (κ2) is 12.1. The zero-order valence-corrected chi connectivity index (χ0v) is 23.8. The van der Waals surface area contributed by atoms with Gasteiger partial charge >= 0.3 is 0 Å². The summed E-state index contributed by atoms with van der Waals surface area (Å²) >= 11 is 0. The van der Waals surface area contributed by atoms with Crippen LogP contribution in [0.4, 0.5) is 11.4 Å². The van der Waals surface area contributed by atoms with Crippen molar-refractivity contribution in [2.45, 2.75) is 0 Å². The molecule has 0 aliphatic carbocycles. The van der Waals surface area contributed by atoms with Gasteiger partial charge in [0, 0.05) is 11.4 Å². The molecular formula is C42H31N. The molecule has 0 bridgehead atoms. The summed E-state index contributed by atoms with van der Waals surface area (Å²) in [7, 11) is 0. The fraction of sp³-hybridized carbons (Fsp3) is 0. The van der Waals surface area contributed by atoms with Crippen LogP contribution >= 0.6 is 0 Å². The Morgan fingerprint density at radius 2 is 0.674 bits per heavy atom. The summed E-state index contributed by atoms with van der Waals surface area (Å²) in [6.45, 7) is 0. The van der Waals surface area contributed by atoms with E-state index in [1.54, 1.807) is 0 Å². The quantitative estimate of drug-likeness (QED) is 0.208. The van der Waals surface area contributed by atoms with E-state index >= 15 is 0 Å². The average molecular weight is 550 g/mol. The van der Waals surface area contributed by atoms with Gasteiger partial charge in [-0.3, -0.25) is 0 Å². The highest BCUT2D eigenvalue weighted by molar-refractivity contribution is 5.98. The molecule has 0 spiro atoms. The number of hydrogen-bond acceptors (Lipinski definition) is 1. The first-order chi connectivity index (χ1) is 21.3. The van der Waals surface area contributed by atoms with Crippen molar-refractivity contribution in [1.82, 2.24) is 0 Å². The van der Waals surface area contributed by atoms with Crippen LogP contribution in [0.3, 0.4) is 0 Å². The van der Waals surface area contributed by atoms with E-state index in [1.807, 2.05) is 18.2 Å². The molecule has 0 radical (unpaired) electrons. The maximum absolute atomic E-state index is 3.49. The summed E-state index contributed by atoms with van der Waals surface area (Å²) in [5.74, 6) is 0. The molecule has 7 aromatic carbocycles. The van der Waals surface area contributed by atoms with E-state index in [9.17, 15) is 0 Å². The third-order valence-electron chi connectivity index (χ3n) is 7.85. The third kappa shape index (κ3) is 5.75. The third-order valence-corrected chi connectivity index (χ3v) is 7.85. The summed E-state index contributed by atoms with van der Waals surface area (Å²) in [4.78, 5) is 0. The highest BCUT2D eigenvalue weighted by Gasteiger charge is 2.17. The zero-order chi connectivity index (χ0) is 28.8. The Bertz CT molecular complexity index is 1880. The Balaban J connectivity index is 1.37. The van der Waals surface area contributed by atoms with Crippen LogP contribution in [0, 0.1) is 0 Å². The molecule has 43 heavy (non-hydrogen) atoms. The summed E-state index contributed by atoms with van der Waals surface area (Å²) in [5.41, 5.74) is 14.2. The molecule has 0 heterocycles. The number of anilines is 2. The number of rotatable bonds is 7. The number of para-hydroxylation sites is 1. The Morgan fingerprint density at radius 1 is 0.256 bits per heavy atom. The van der Waals surface area contributed by atoms with Gasteiger partial charge in [0.05, 0.1) is 0 Å². The van der Waals surface area contributed by atoms with Gasteiger partial charge in [0.1, 0.15) is 0 Å². The van der Waals surface area contributed by atoms with Crippen LogP contribution in [0.15, 0.2) is 182 Å². The van der Waals surface area contributed by atoms with E-state index in [-0.39, 0.29) is 0 Å². The molecule has 7 rings (SSSR count). The fourth-order valence-electron chi connectivity index (χ4n) is 5.73. The molecule has 1 heteroatoms. The average Bonchev–Trinajstić information content (AvgIpc) is 3.10. The molecule has 204 valence electrons. The van der Waals surface area contributed by atoms with E-state index in [2.05, 4.69) is 169 Å². The van der Waals surface area contributed by atoms with Gasteiger partial charge in [-0.1, -0.05) is 140 Å². The van der Waals surface area contributed by atoms with Crippen molar-refractivity contribution >= 4 is 11.4 Å². The molecule has 1 nitrogen and oxygen atoms in total. The summed E-state index contributed by atoms with van der Waals surface area (Å²) in [5, 5.41) is 3.49. The lowest BCUT2D eigenvalue weighted by atomic mass is 9.84. The molecule has 0 aromatic heterocycles. The van der Waals surface area contributed by atoms with Gasteiger partial charge in [-0.05, 0) is 98.1 Å². The van der Waals surface area contributed by atoms with Crippen LogP contribution in [0.1, 0.15) is 0 Å². The maximum Gasteiger partial charge on any atom is 0.0384 e. The largest absolute Gasteiger partial charge is 0.356 e. The molecule has 1 N–H and O–H groups in total. The number of hydrogen-bond donors (Lipinski definition) is 1. The van der Waals surface area contributed by atoms with Crippen LogP contribution in [0.5, 0.6) is 0 Å². The van der Waals surface area contributed by atoms with Gasteiger partial charge in [0.15, 0.2) is 0 Å². The molecule has 0 aliphatic rings. The van der Waals surface area contributed by atoms with Gasteiger partial charge < -0.3 is 5.32 Å². The molecule has 0 aliphatic heterocycles. The topological polar surface area (TPSA) is 12.0 Å². The first-order valence-corrected chi connectivity index (χ1v) is 14.7. The van der Waals surface area contributed by atoms with E-state index < -0.39 is 0 Å². The van der Waals surface area contributed by atoms with Gasteiger partial charge in [0.2, 0.25) is 0 Å². The van der Waals surface area contributed by atoms with Crippen molar-refractivity contribution in [2.24, 2.45) is 0 Å². The number of nitrogens with one attached hydrogen (secondary N) is 1. The lowest BCUT2D eigenvalue weighted by Crippen LogP contribution is -1.93. The minimum Gasteiger partial charge on any atom is -0.356 e. The Labute approximate surface area is 253 Å². The summed E-state index contributed by atoms with van der Waals surface area (Å²) in [6.07, 6.45) is 0. The van der Waals surface area contributed by atoms with Crippen LogP contribution in [0.2, 0.25) is 0 Å². The van der Waals surface area contributed by atoms with E-state index in [0.29, 0.717) is 0 Å². The van der Waals surface area contributed by atoms with Crippen molar-refractivity contribution in [3.63, 3.8) is 0 Å². The SMILES string of the molecule is c1ccc(Nc2ccc(-c3cccc(-c4c(-c5ccccc5)cc(-c5ccccc5)cc4-c4ccccc4)c3)cc2)cc1. The van der Waals surface area contributed by atoms with Crippen LogP contribution in [-0.2, 0) is 0 Å². The minimum atomic E-state index is 1.07. The second-order valence-corrected chi connectivity index (χ2v) is 10.7. The van der Waals surface area contributed by atoms with Crippen LogP contribution in [0.25, 0.3) is 55.6 Å². The van der Waals surface area contributed by atoms with Crippen LogP contribution in [-0.4, -0.2) is 0 Å². The van der Waals surface area contributed by atoms with E-state index in [0.717, 1.165) is 11.4 Å². The van der Waals surface area contributed by atoms with Gasteiger partial charge in [-0.2, -0.15) is 0 Å². The first-order valence-electron chi connectivity index (χ1n) is 14.7. The van der Waals surface area contributed by atoms with Crippen molar-refractivity contribution < 1.29 is 0 Å². The van der Waals surface area contributed by atoms with Crippen LogP contribution < -0.4 is 5.32 Å².